The zero-order valence-electron chi connectivity index (χ0n) is 13.2. The van der Waals surface area contributed by atoms with Crippen LogP contribution in [-0.2, 0) is 9.47 Å². The van der Waals surface area contributed by atoms with Crippen molar-refractivity contribution in [3.63, 3.8) is 0 Å². The normalized spacial score (nSPS) is 27.6. The number of nitrogens with zero attached hydrogens (tertiary/aromatic N) is 3. The van der Waals surface area contributed by atoms with Gasteiger partial charge in [0.15, 0.2) is 12.4 Å². The van der Waals surface area contributed by atoms with Crippen molar-refractivity contribution in [3.05, 3.63) is 16.1 Å². The lowest BCUT2D eigenvalue weighted by Gasteiger charge is -2.17. The van der Waals surface area contributed by atoms with Crippen LogP contribution in [0, 0.1) is 3.57 Å². The maximum Gasteiger partial charge on any atom is 0.205 e. The molecule has 0 saturated carbocycles. The van der Waals surface area contributed by atoms with E-state index < -0.39 is 31.2 Å². The summed E-state index contributed by atoms with van der Waals surface area (Å²) in [5.41, 5.74) is 6.31. The Morgan fingerprint density at radius 1 is 1.56 bits per heavy atom. The van der Waals surface area contributed by atoms with Crippen molar-refractivity contribution in [2.75, 3.05) is 18.1 Å². The summed E-state index contributed by atoms with van der Waals surface area (Å²) >= 11 is 2.61. The SMILES string of the molecule is CC[SH]=C(O)O[C@H]1[C@H](F)[C@H](n2cc(I)c3c(N)ncnc32)O[C@@H]1CO. The van der Waals surface area contributed by atoms with Crippen LogP contribution in [0.1, 0.15) is 13.2 Å². The predicted octanol–water partition coefficient (Wildman–Crippen LogP) is 1.36. The van der Waals surface area contributed by atoms with Crippen LogP contribution in [0.3, 0.4) is 0 Å². The van der Waals surface area contributed by atoms with Crippen LogP contribution in [0.25, 0.3) is 11.0 Å². The van der Waals surface area contributed by atoms with Crippen molar-refractivity contribution in [1.82, 2.24) is 14.5 Å². The van der Waals surface area contributed by atoms with Gasteiger partial charge in [0.25, 0.3) is 0 Å². The van der Waals surface area contributed by atoms with E-state index in [9.17, 15) is 10.2 Å². The van der Waals surface area contributed by atoms with Crippen LogP contribution >= 0.6 is 33.9 Å². The number of aliphatic hydroxyl groups excluding tert-OH is 2. The third-order valence-electron chi connectivity index (χ3n) is 3.85. The molecule has 8 nitrogen and oxygen atoms in total. The number of nitrogen functional groups attached to an aromatic ring is 1. The van der Waals surface area contributed by atoms with Gasteiger partial charge in [-0.05, 0) is 28.3 Å². The molecule has 11 heteroatoms. The lowest BCUT2D eigenvalue weighted by molar-refractivity contribution is -0.0457. The largest absolute Gasteiger partial charge is 0.394 e. The van der Waals surface area contributed by atoms with E-state index in [1.807, 2.05) is 6.92 Å². The Morgan fingerprint density at radius 2 is 2.32 bits per heavy atom. The second-order valence-electron chi connectivity index (χ2n) is 5.37. The minimum Gasteiger partial charge on any atom is -0.394 e. The van der Waals surface area contributed by atoms with E-state index in [1.165, 1.54) is 10.9 Å². The minimum atomic E-state index is -1.62. The number of rotatable bonds is 4. The second-order valence-corrected chi connectivity index (χ2v) is 7.87. The monoisotopic (exact) mass is 484 g/mol. The molecule has 1 aliphatic rings. The average Bonchev–Trinajstić information content (AvgIpc) is 3.07. The van der Waals surface area contributed by atoms with Gasteiger partial charge in [0.05, 0.1) is 12.0 Å². The van der Waals surface area contributed by atoms with Crippen molar-refractivity contribution >= 4 is 56.0 Å². The minimum absolute atomic E-state index is 0.292. The molecule has 1 fully saturated rings. The highest BCUT2D eigenvalue weighted by atomic mass is 127. The number of aromatic nitrogens is 3. The van der Waals surface area contributed by atoms with Gasteiger partial charge in [-0.2, -0.15) is 0 Å². The molecular weight excluding hydrogens is 466 g/mol. The summed E-state index contributed by atoms with van der Waals surface area (Å²) in [5.74, 6) is 0.918. The Kier molecular flexibility index (Phi) is 5.90. The summed E-state index contributed by atoms with van der Waals surface area (Å²) in [6, 6.07) is 0. The number of alkyl halides is 1. The maximum atomic E-state index is 15.0. The lowest BCUT2D eigenvalue weighted by atomic mass is 10.1. The van der Waals surface area contributed by atoms with Gasteiger partial charge < -0.3 is 30.0 Å². The van der Waals surface area contributed by atoms with Crippen molar-refractivity contribution < 1.29 is 24.1 Å². The van der Waals surface area contributed by atoms with E-state index in [1.54, 1.807) is 6.20 Å². The van der Waals surface area contributed by atoms with E-state index in [-0.39, 0.29) is 5.24 Å². The first kappa shape index (κ1) is 18.9. The number of halogens is 2. The molecule has 3 rings (SSSR count). The molecule has 0 amide bonds. The van der Waals surface area contributed by atoms with Crippen LogP contribution in [0.2, 0.25) is 0 Å². The van der Waals surface area contributed by atoms with Crippen molar-refractivity contribution in [2.24, 2.45) is 0 Å². The van der Waals surface area contributed by atoms with Gasteiger partial charge >= 0.3 is 0 Å². The van der Waals surface area contributed by atoms with Crippen molar-refractivity contribution in [3.8, 4) is 0 Å². The van der Waals surface area contributed by atoms with Crippen molar-refractivity contribution in [1.29, 1.82) is 0 Å². The van der Waals surface area contributed by atoms with Crippen LogP contribution < -0.4 is 5.73 Å². The summed E-state index contributed by atoms with van der Waals surface area (Å²) in [6.45, 7) is 1.41. The summed E-state index contributed by atoms with van der Waals surface area (Å²) in [5, 5.41) is 19.6. The summed E-state index contributed by atoms with van der Waals surface area (Å²) in [7, 11) is 0. The quantitative estimate of drug-likeness (QED) is 0.294. The number of fused-ring (bicyclic) bond motifs is 1. The Labute approximate surface area is 160 Å². The average molecular weight is 484 g/mol. The predicted molar refractivity (Wildman–Crippen MR) is 103 cm³/mol. The Hall–Kier alpha value is -0.860. The van der Waals surface area contributed by atoms with Crippen molar-refractivity contribution in [2.45, 2.75) is 31.5 Å². The Bertz CT molecular complexity index is 804. The summed E-state index contributed by atoms with van der Waals surface area (Å²) in [6.07, 6.45) is -1.75. The Balaban J connectivity index is 1.96. The standard InChI is InChI=1S/C14H18FIN4O4S/c1-2-25-14(22)24-10-7(4-21)23-13(9(10)15)20-3-6(16)8-11(17)18-5-19-12(8)20/h3,5,7,9-10,13,21-22,25H,2,4H2,1H3,(H2,17,18,19)/t7-,9+,10-,13-/m1/s1. The third kappa shape index (κ3) is 3.53. The molecule has 138 valence electrons. The van der Waals surface area contributed by atoms with Crippen LogP contribution in [0.5, 0.6) is 0 Å². The molecule has 1 saturated heterocycles. The van der Waals surface area contributed by atoms with E-state index in [0.29, 0.717) is 34.0 Å². The smallest absolute Gasteiger partial charge is 0.205 e. The molecule has 0 radical (unpaired) electrons. The summed E-state index contributed by atoms with van der Waals surface area (Å²) < 4.78 is 28.2. The highest BCUT2D eigenvalue weighted by Gasteiger charge is 2.48. The molecule has 0 spiro atoms. The van der Waals surface area contributed by atoms with Gasteiger partial charge in [0.2, 0.25) is 5.24 Å². The number of thiol groups is 1. The molecule has 3 heterocycles. The number of aliphatic hydroxyl groups is 2. The fourth-order valence-electron chi connectivity index (χ4n) is 2.76. The van der Waals surface area contributed by atoms with Gasteiger partial charge in [-0.15, -0.1) is 11.4 Å². The fraction of sp³-hybridized carbons (Fsp3) is 0.500. The molecule has 4 N–H and O–H groups in total. The highest BCUT2D eigenvalue weighted by Crippen LogP contribution is 2.37. The van der Waals surface area contributed by atoms with Gasteiger partial charge in [-0.25, -0.2) is 14.4 Å². The molecule has 0 aliphatic carbocycles. The first-order valence-electron chi connectivity index (χ1n) is 7.54. The molecule has 25 heavy (non-hydrogen) atoms. The van der Waals surface area contributed by atoms with Crippen LogP contribution in [-0.4, -0.2) is 60.7 Å². The number of anilines is 1. The maximum absolute atomic E-state index is 15.0. The zero-order valence-corrected chi connectivity index (χ0v) is 16.3. The van der Waals surface area contributed by atoms with Crippen LogP contribution in [0.4, 0.5) is 10.2 Å². The second kappa shape index (κ2) is 7.80. The number of hydrogen-bond donors (Lipinski definition) is 4. The molecule has 2 aromatic rings. The van der Waals surface area contributed by atoms with E-state index in [4.69, 9.17) is 15.2 Å². The molecule has 1 aliphatic heterocycles. The van der Waals surface area contributed by atoms with Gasteiger partial charge in [-0.3, -0.25) is 0 Å². The lowest BCUT2D eigenvalue weighted by Crippen LogP contribution is -2.35. The first-order chi connectivity index (χ1) is 12.0. The molecule has 0 bridgehead atoms. The fourth-order valence-corrected chi connectivity index (χ4v) is 4.04. The van der Waals surface area contributed by atoms with E-state index in [0.717, 1.165) is 3.57 Å². The first-order valence-corrected chi connectivity index (χ1v) is 9.70. The van der Waals surface area contributed by atoms with Gasteiger partial charge in [0.1, 0.15) is 30.0 Å². The number of ether oxygens (including phenoxy) is 2. The molecule has 4 atom stereocenters. The highest BCUT2D eigenvalue weighted by molar-refractivity contribution is 14.1. The van der Waals surface area contributed by atoms with Crippen LogP contribution in [0.15, 0.2) is 12.5 Å². The molecule has 0 unspecified atom stereocenters. The molecular formula is C14H18FIN4O4S. The van der Waals surface area contributed by atoms with E-state index in [2.05, 4.69) is 32.6 Å². The van der Waals surface area contributed by atoms with Gasteiger partial charge in [0, 0.05) is 9.77 Å². The molecule has 0 aromatic carbocycles. The zero-order chi connectivity index (χ0) is 18.1. The number of hydrogen-bond acceptors (Lipinski definition) is 6. The Morgan fingerprint density at radius 3 is 3.00 bits per heavy atom. The summed E-state index contributed by atoms with van der Waals surface area (Å²) in [4.78, 5) is 8.11. The third-order valence-corrected chi connectivity index (χ3v) is 5.36. The van der Waals surface area contributed by atoms with E-state index >= 15 is 4.39 Å². The molecule has 2 aromatic heterocycles. The van der Waals surface area contributed by atoms with Gasteiger partial charge in [-0.1, -0.05) is 6.92 Å². The number of nitrogens with two attached hydrogens (primary N) is 1. The topological polar surface area (TPSA) is 116 Å².